The molecule has 2 heterocycles. The van der Waals surface area contributed by atoms with Crippen LogP contribution in [-0.4, -0.2) is 33.6 Å². The Bertz CT molecular complexity index is 972. The van der Waals surface area contributed by atoms with Gasteiger partial charge in [-0.25, -0.2) is 8.78 Å². The zero-order valence-electron chi connectivity index (χ0n) is 14.2. The molecule has 0 aliphatic carbocycles. The van der Waals surface area contributed by atoms with E-state index < -0.39 is 29.6 Å². The van der Waals surface area contributed by atoms with Gasteiger partial charge in [0.05, 0.1) is 23.2 Å². The predicted octanol–water partition coefficient (Wildman–Crippen LogP) is 3.33. The van der Waals surface area contributed by atoms with Crippen molar-refractivity contribution >= 4 is 17.3 Å². The fourth-order valence-corrected chi connectivity index (χ4v) is 2.33. The number of hydrogen-bond acceptors (Lipinski definition) is 6. The summed E-state index contributed by atoms with van der Waals surface area (Å²) in [5.74, 6) is -0.367. The van der Waals surface area contributed by atoms with Crippen LogP contribution in [0.25, 0.3) is 0 Å². The van der Waals surface area contributed by atoms with Gasteiger partial charge in [-0.05, 0) is 18.2 Å². The van der Waals surface area contributed by atoms with Crippen molar-refractivity contribution in [3.8, 4) is 5.75 Å². The number of ether oxygens (including phenoxy) is 1. The number of anilines is 1. The summed E-state index contributed by atoms with van der Waals surface area (Å²) < 4.78 is 36.5. The van der Waals surface area contributed by atoms with Crippen molar-refractivity contribution in [3.63, 3.8) is 0 Å². The highest BCUT2D eigenvalue weighted by atomic mass is 19.3. The van der Waals surface area contributed by atoms with Crippen LogP contribution in [0.4, 0.5) is 20.2 Å². The zero-order valence-corrected chi connectivity index (χ0v) is 14.2. The number of nitro groups is 1. The number of halogens is 2. The Morgan fingerprint density at radius 2 is 2.18 bits per heavy atom. The Balaban J connectivity index is 1.73. The molecule has 0 radical (unpaired) electrons. The maximum Gasteiger partial charge on any atom is 0.291 e. The van der Waals surface area contributed by atoms with Crippen LogP contribution in [0.5, 0.6) is 5.75 Å². The molecule has 28 heavy (non-hydrogen) atoms. The van der Waals surface area contributed by atoms with Crippen LogP contribution in [0.3, 0.4) is 0 Å². The van der Waals surface area contributed by atoms with Gasteiger partial charge in [0.25, 0.3) is 18.0 Å². The van der Waals surface area contributed by atoms with Gasteiger partial charge in [-0.2, -0.15) is 5.10 Å². The lowest BCUT2D eigenvalue weighted by molar-refractivity contribution is -0.384. The number of aromatic nitrogens is 2. The Morgan fingerprint density at radius 3 is 2.86 bits per heavy atom. The molecule has 0 fully saturated rings. The second kappa shape index (κ2) is 8.29. The van der Waals surface area contributed by atoms with Crippen LogP contribution in [0.1, 0.15) is 16.3 Å². The molecular weight excluding hydrogens is 378 g/mol. The minimum atomic E-state index is -2.74. The number of carbonyl (C=O) groups excluding carboxylic acids is 1. The molecule has 11 heteroatoms. The monoisotopic (exact) mass is 392 g/mol. The molecule has 1 aromatic carbocycles. The van der Waals surface area contributed by atoms with E-state index >= 15 is 0 Å². The first-order chi connectivity index (χ1) is 13.4. The number of benzene rings is 1. The number of nitro benzene ring substituents is 1. The molecule has 0 unspecified atom stereocenters. The van der Waals surface area contributed by atoms with Gasteiger partial charge in [0.15, 0.2) is 5.76 Å². The molecular formula is C17H14F2N4O5. The average Bonchev–Trinajstić information content (AvgIpc) is 3.32. The molecule has 2 aromatic heterocycles. The quantitative estimate of drug-likeness (QED) is 0.465. The summed E-state index contributed by atoms with van der Waals surface area (Å²) in [6.45, 7) is -0.605. The number of non-ortho nitro benzene ring substituents is 1. The largest absolute Gasteiger partial charge is 0.487 e. The summed E-state index contributed by atoms with van der Waals surface area (Å²) in [7, 11) is 0. The molecule has 0 atom stereocenters. The Hall–Kier alpha value is -3.76. The maximum atomic E-state index is 12.3. The van der Waals surface area contributed by atoms with Crippen LogP contribution in [0, 0.1) is 10.1 Å². The Morgan fingerprint density at radius 1 is 1.36 bits per heavy atom. The molecule has 0 spiro atoms. The predicted molar refractivity (Wildman–Crippen MR) is 92.6 cm³/mol. The average molecular weight is 392 g/mol. The van der Waals surface area contributed by atoms with Crippen molar-refractivity contribution < 1.29 is 27.7 Å². The second-order valence-corrected chi connectivity index (χ2v) is 5.60. The number of amides is 1. The van der Waals surface area contributed by atoms with Gasteiger partial charge < -0.3 is 14.5 Å². The van der Waals surface area contributed by atoms with Gasteiger partial charge in [0.1, 0.15) is 18.1 Å². The van der Waals surface area contributed by atoms with Gasteiger partial charge in [-0.1, -0.05) is 0 Å². The van der Waals surface area contributed by atoms with Crippen molar-refractivity contribution in [1.29, 1.82) is 0 Å². The van der Waals surface area contributed by atoms with Crippen molar-refractivity contribution in [2.75, 3.05) is 11.9 Å². The van der Waals surface area contributed by atoms with E-state index in [-0.39, 0.29) is 17.2 Å². The van der Waals surface area contributed by atoms with E-state index in [4.69, 9.17) is 9.15 Å². The third-order valence-corrected chi connectivity index (χ3v) is 3.50. The Labute approximate surface area is 156 Å². The van der Waals surface area contributed by atoms with Crippen molar-refractivity contribution in [2.45, 2.75) is 13.0 Å². The van der Waals surface area contributed by atoms with Crippen molar-refractivity contribution in [2.24, 2.45) is 0 Å². The SMILES string of the molecule is O=C(Nc1cc(OCC(F)F)cc([N+](=O)[O-])c1)c1ccc(Cn2cccn2)o1. The molecule has 3 rings (SSSR count). The van der Waals surface area contributed by atoms with Crippen LogP contribution in [0.15, 0.2) is 53.2 Å². The highest BCUT2D eigenvalue weighted by Gasteiger charge is 2.16. The van der Waals surface area contributed by atoms with E-state index in [9.17, 15) is 23.7 Å². The standard InChI is InChI=1S/C17H14F2N4O5/c18-16(19)10-27-14-7-11(6-12(8-14)23(25)26)21-17(24)15-3-2-13(28-15)9-22-5-1-4-20-22/h1-8,16H,9-10H2,(H,21,24). The third-order valence-electron chi connectivity index (χ3n) is 3.50. The van der Waals surface area contributed by atoms with Crippen LogP contribution >= 0.6 is 0 Å². The number of nitrogens with one attached hydrogen (secondary N) is 1. The fraction of sp³-hybridized carbons (Fsp3) is 0.176. The lowest BCUT2D eigenvalue weighted by atomic mass is 10.2. The maximum absolute atomic E-state index is 12.3. The smallest absolute Gasteiger partial charge is 0.291 e. The van der Waals surface area contributed by atoms with Crippen LogP contribution in [0.2, 0.25) is 0 Å². The van der Waals surface area contributed by atoms with E-state index in [2.05, 4.69) is 10.4 Å². The normalized spacial score (nSPS) is 10.8. The van der Waals surface area contributed by atoms with Crippen LogP contribution < -0.4 is 10.1 Å². The summed E-state index contributed by atoms with van der Waals surface area (Å²) in [6, 6.07) is 8.07. The molecule has 1 N–H and O–H groups in total. The first-order valence-electron chi connectivity index (χ1n) is 7.98. The molecule has 0 aliphatic rings. The third kappa shape index (κ3) is 4.90. The topological polar surface area (TPSA) is 112 Å². The van der Waals surface area contributed by atoms with Crippen LogP contribution in [-0.2, 0) is 6.54 Å². The highest BCUT2D eigenvalue weighted by Crippen LogP contribution is 2.27. The number of alkyl halides is 2. The molecule has 0 bridgehead atoms. The molecule has 3 aromatic rings. The first-order valence-corrected chi connectivity index (χ1v) is 7.98. The molecule has 0 saturated heterocycles. The molecule has 9 nitrogen and oxygen atoms in total. The molecule has 146 valence electrons. The number of rotatable bonds is 8. The van der Waals surface area contributed by atoms with Gasteiger partial charge in [-0.15, -0.1) is 0 Å². The van der Waals surface area contributed by atoms with E-state index in [0.717, 1.165) is 12.1 Å². The second-order valence-electron chi connectivity index (χ2n) is 5.60. The summed E-state index contributed by atoms with van der Waals surface area (Å²) in [5, 5.41) is 17.5. The van der Waals surface area contributed by atoms with E-state index in [1.54, 1.807) is 29.2 Å². The number of hydrogen-bond donors (Lipinski definition) is 1. The summed E-state index contributed by atoms with van der Waals surface area (Å²) in [4.78, 5) is 22.6. The summed E-state index contributed by atoms with van der Waals surface area (Å²) >= 11 is 0. The number of furan rings is 1. The Kier molecular flexibility index (Phi) is 5.63. The van der Waals surface area contributed by atoms with Gasteiger partial charge in [-0.3, -0.25) is 19.6 Å². The first kappa shape index (κ1) is 19.0. The highest BCUT2D eigenvalue weighted by molar-refractivity contribution is 6.02. The molecule has 0 saturated carbocycles. The molecule has 0 aliphatic heterocycles. The van der Waals surface area contributed by atoms with E-state index in [0.29, 0.717) is 12.3 Å². The number of carbonyl (C=O) groups is 1. The minimum Gasteiger partial charge on any atom is -0.487 e. The lowest BCUT2D eigenvalue weighted by Gasteiger charge is -2.08. The summed E-state index contributed by atoms with van der Waals surface area (Å²) in [5.41, 5.74) is -0.408. The van der Waals surface area contributed by atoms with Crippen molar-refractivity contribution in [1.82, 2.24) is 9.78 Å². The van der Waals surface area contributed by atoms with Crippen molar-refractivity contribution in [3.05, 3.63) is 70.4 Å². The fourth-order valence-electron chi connectivity index (χ4n) is 2.33. The van der Waals surface area contributed by atoms with Gasteiger partial charge in [0.2, 0.25) is 0 Å². The number of nitrogens with zero attached hydrogens (tertiary/aromatic N) is 3. The lowest BCUT2D eigenvalue weighted by Crippen LogP contribution is -2.12. The van der Waals surface area contributed by atoms with Gasteiger partial charge >= 0.3 is 0 Å². The molecule has 1 amide bonds. The van der Waals surface area contributed by atoms with E-state index in [1.807, 2.05) is 0 Å². The zero-order chi connectivity index (χ0) is 20.1. The minimum absolute atomic E-state index is 0.00786. The van der Waals surface area contributed by atoms with E-state index in [1.165, 1.54) is 12.1 Å². The summed E-state index contributed by atoms with van der Waals surface area (Å²) in [6.07, 6.45) is 0.590. The van der Waals surface area contributed by atoms with Gasteiger partial charge in [0, 0.05) is 24.5 Å².